The number of aromatic nitrogens is 3. The molecular weight excluding hydrogens is 372 g/mol. The first-order valence-corrected chi connectivity index (χ1v) is 8.93. The van der Waals surface area contributed by atoms with E-state index in [0.29, 0.717) is 17.0 Å². The Hall–Kier alpha value is -2.94. The van der Waals surface area contributed by atoms with E-state index in [4.69, 9.17) is 5.84 Å². The first-order valence-electron chi connectivity index (χ1n) is 8.05. The van der Waals surface area contributed by atoms with Gasteiger partial charge in [-0.2, -0.15) is 0 Å². The maximum Gasteiger partial charge on any atom is 0.237 e. The molecule has 2 aromatic carbocycles. The molecular formula is C18H17F2N5OS. The molecule has 27 heavy (non-hydrogen) atoms. The summed E-state index contributed by atoms with van der Waals surface area (Å²) in [6.45, 7) is 3.60. The van der Waals surface area contributed by atoms with Crippen molar-refractivity contribution in [2.24, 2.45) is 0 Å². The number of hydrogen-bond acceptors (Lipinski definition) is 5. The van der Waals surface area contributed by atoms with Gasteiger partial charge in [0.05, 0.1) is 10.9 Å². The van der Waals surface area contributed by atoms with Gasteiger partial charge in [0.25, 0.3) is 0 Å². The van der Waals surface area contributed by atoms with E-state index >= 15 is 0 Å². The van der Waals surface area contributed by atoms with Crippen molar-refractivity contribution in [3.05, 3.63) is 59.7 Å². The second kappa shape index (κ2) is 7.75. The Morgan fingerprint density at radius 2 is 1.89 bits per heavy atom. The summed E-state index contributed by atoms with van der Waals surface area (Å²) in [6.07, 6.45) is 0. The molecule has 1 heterocycles. The molecule has 0 aliphatic heterocycles. The zero-order valence-corrected chi connectivity index (χ0v) is 15.4. The molecule has 1 aromatic heterocycles. The van der Waals surface area contributed by atoms with Crippen LogP contribution in [0.2, 0.25) is 0 Å². The normalized spacial score (nSPS) is 12.0. The van der Waals surface area contributed by atoms with Crippen LogP contribution in [-0.4, -0.2) is 26.0 Å². The molecule has 0 saturated heterocycles. The quantitative estimate of drug-likeness (QED) is 0.516. The summed E-state index contributed by atoms with van der Waals surface area (Å²) in [5, 5.41) is 10.2. The van der Waals surface area contributed by atoms with E-state index in [9.17, 15) is 13.6 Å². The van der Waals surface area contributed by atoms with Crippen LogP contribution in [0, 0.1) is 18.6 Å². The van der Waals surface area contributed by atoms with E-state index < -0.39 is 22.8 Å². The highest BCUT2D eigenvalue weighted by Gasteiger charge is 2.21. The maximum atomic E-state index is 13.7. The van der Waals surface area contributed by atoms with Crippen molar-refractivity contribution < 1.29 is 13.6 Å². The van der Waals surface area contributed by atoms with Crippen LogP contribution in [0.25, 0.3) is 11.4 Å². The number of nitrogens with one attached hydrogen (secondary N) is 1. The number of amides is 1. The second-order valence-electron chi connectivity index (χ2n) is 5.92. The fraction of sp³-hybridized carbons (Fsp3) is 0.167. The molecule has 1 amide bonds. The van der Waals surface area contributed by atoms with Crippen molar-refractivity contribution in [2.45, 2.75) is 24.3 Å². The van der Waals surface area contributed by atoms with Gasteiger partial charge in [-0.05, 0) is 26.0 Å². The number of carbonyl (C=O) groups is 1. The first kappa shape index (κ1) is 18.8. The van der Waals surface area contributed by atoms with E-state index in [0.717, 1.165) is 29.0 Å². The Morgan fingerprint density at radius 3 is 2.56 bits per heavy atom. The third-order valence-corrected chi connectivity index (χ3v) is 4.87. The van der Waals surface area contributed by atoms with Gasteiger partial charge in [-0.1, -0.05) is 41.6 Å². The average Bonchev–Trinajstić information content (AvgIpc) is 2.98. The molecule has 3 rings (SSSR count). The predicted octanol–water partition coefficient (Wildman–Crippen LogP) is 3.36. The highest BCUT2D eigenvalue weighted by atomic mass is 32.2. The Labute approximate surface area is 158 Å². The highest BCUT2D eigenvalue weighted by molar-refractivity contribution is 8.00. The van der Waals surface area contributed by atoms with Crippen LogP contribution in [-0.2, 0) is 4.79 Å². The third-order valence-electron chi connectivity index (χ3n) is 3.81. The van der Waals surface area contributed by atoms with Crippen LogP contribution >= 0.6 is 11.8 Å². The molecule has 6 nitrogen and oxygen atoms in total. The van der Waals surface area contributed by atoms with Crippen molar-refractivity contribution in [1.29, 1.82) is 0 Å². The van der Waals surface area contributed by atoms with Crippen LogP contribution < -0.4 is 11.2 Å². The number of nitrogens with two attached hydrogens (primary N) is 1. The SMILES string of the molecule is Cc1ccc(-c2nnc(S[C@H](C)C(=O)Nc3ccc(F)cc3F)n2N)cc1. The largest absolute Gasteiger partial charge is 0.335 e. The van der Waals surface area contributed by atoms with Gasteiger partial charge < -0.3 is 11.2 Å². The molecule has 3 aromatic rings. The average molecular weight is 389 g/mol. The summed E-state index contributed by atoms with van der Waals surface area (Å²) in [4.78, 5) is 12.3. The summed E-state index contributed by atoms with van der Waals surface area (Å²) >= 11 is 1.08. The number of aryl methyl sites for hydroxylation is 1. The molecule has 9 heteroatoms. The lowest BCUT2D eigenvalue weighted by Crippen LogP contribution is -2.24. The third kappa shape index (κ3) is 4.25. The molecule has 0 aliphatic carbocycles. The molecule has 0 fully saturated rings. The molecule has 0 unspecified atom stereocenters. The lowest BCUT2D eigenvalue weighted by molar-refractivity contribution is -0.115. The molecule has 3 N–H and O–H groups in total. The summed E-state index contributed by atoms with van der Waals surface area (Å²) in [7, 11) is 0. The number of halogens is 2. The fourth-order valence-corrected chi connectivity index (χ4v) is 3.06. The van der Waals surface area contributed by atoms with Crippen LogP contribution in [0.1, 0.15) is 12.5 Å². The van der Waals surface area contributed by atoms with E-state index in [1.807, 2.05) is 31.2 Å². The van der Waals surface area contributed by atoms with Crippen LogP contribution in [0.15, 0.2) is 47.6 Å². The van der Waals surface area contributed by atoms with Gasteiger partial charge in [-0.15, -0.1) is 10.2 Å². The Morgan fingerprint density at radius 1 is 1.19 bits per heavy atom. The highest BCUT2D eigenvalue weighted by Crippen LogP contribution is 2.26. The number of anilines is 1. The van der Waals surface area contributed by atoms with Gasteiger partial charge in [0, 0.05) is 11.6 Å². The van der Waals surface area contributed by atoms with E-state index in [-0.39, 0.29) is 5.69 Å². The number of carbonyl (C=O) groups excluding carboxylic acids is 1. The zero-order valence-electron chi connectivity index (χ0n) is 14.6. The van der Waals surface area contributed by atoms with E-state index in [1.165, 1.54) is 10.7 Å². The second-order valence-corrected chi connectivity index (χ2v) is 7.22. The fourth-order valence-electron chi connectivity index (χ4n) is 2.29. The molecule has 140 valence electrons. The molecule has 0 radical (unpaired) electrons. The number of hydrogen-bond donors (Lipinski definition) is 2. The standard InChI is InChI=1S/C18H17F2N5OS/c1-10-3-5-12(6-4-10)16-23-24-18(25(16)21)27-11(2)17(26)22-15-8-7-13(19)9-14(15)20/h3-9,11H,21H2,1-2H3,(H,22,26)/t11-/m1/s1. The molecule has 0 aliphatic rings. The van der Waals surface area contributed by atoms with Crippen molar-refractivity contribution in [3.63, 3.8) is 0 Å². The van der Waals surface area contributed by atoms with Crippen LogP contribution in [0.4, 0.5) is 14.5 Å². The topological polar surface area (TPSA) is 85.8 Å². The zero-order chi connectivity index (χ0) is 19.6. The maximum absolute atomic E-state index is 13.7. The Bertz CT molecular complexity index is 974. The summed E-state index contributed by atoms with van der Waals surface area (Å²) in [5.74, 6) is 4.49. The van der Waals surface area contributed by atoms with Crippen LogP contribution in [0.5, 0.6) is 0 Å². The number of nitrogen functional groups attached to an aromatic ring is 1. The number of thioether (sulfide) groups is 1. The number of nitrogens with zero attached hydrogens (tertiary/aromatic N) is 3. The van der Waals surface area contributed by atoms with Gasteiger partial charge in [0.15, 0.2) is 5.82 Å². The van der Waals surface area contributed by atoms with Crippen molar-refractivity contribution in [1.82, 2.24) is 14.9 Å². The van der Waals surface area contributed by atoms with Gasteiger partial charge in [-0.25, -0.2) is 13.5 Å². The van der Waals surface area contributed by atoms with Gasteiger partial charge >= 0.3 is 0 Å². The van der Waals surface area contributed by atoms with Crippen molar-refractivity contribution in [3.8, 4) is 11.4 Å². The monoisotopic (exact) mass is 389 g/mol. The first-order chi connectivity index (χ1) is 12.8. The van der Waals surface area contributed by atoms with Crippen molar-refractivity contribution in [2.75, 3.05) is 11.2 Å². The lowest BCUT2D eigenvalue weighted by atomic mass is 10.1. The predicted molar refractivity (Wildman–Crippen MR) is 101 cm³/mol. The molecule has 1 atom stereocenters. The van der Waals surface area contributed by atoms with Crippen molar-refractivity contribution >= 4 is 23.4 Å². The molecule has 0 spiro atoms. The van der Waals surface area contributed by atoms with Gasteiger partial charge in [0.1, 0.15) is 11.6 Å². The number of rotatable bonds is 5. The minimum Gasteiger partial charge on any atom is -0.335 e. The smallest absolute Gasteiger partial charge is 0.237 e. The van der Waals surface area contributed by atoms with E-state index in [1.54, 1.807) is 6.92 Å². The summed E-state index contributed by atoms with van der Waals surface area (Å²) in [5.41, 5.74) is 1.81. The minimum absolute atomic E-state index is 0.0941. The summed E-state index contributed by atoms with van der Waals surface area (Å²) < 4.78 is 27.9. The van der Waals surface area contributed by atoms with Gasteiger partial charge in [0.2, 0.25) is 11.1 Å². The summed E-state index contributed by atoms with van der Waals surface area (Å²) in [6, 6.07) is 10.6. The van der Waals surface area contributed by atoms with E-state index in [2.05, 4.69) is 15.5 Å². The molecule has 0 bridgehead atoms. The molecule has 0 saturated carbocycles. The number of benzene rings is 2. The Kier molecular flexibility index (Phi) is 5.41. The minimum atomic E-state index is -0.843. The Balaban J connectivity index is 1.71. The van der Waals surface area contributed by atoms with Gasteiger partial charge in [-0.3, -0.25) is 4.79 Å². The lowest BCUT2D eigenvalue weighted by Gasteiger charge is -2.12. The van der Waals surface area contributed by atoms with Crippen LogP contribution in [0.3, 0.4) is 0 Å².